The van der Waals surface area contributed by atoms with Gasteiger partial charge in [0.2, 0.25) is 0 Å². The lowest BCUT2D eigenvalue weighted by Gasteiger charge is -2.22. The van der Waals surface area contributed by atoms with Gasteiger partial charge >= 0.3 is 0 Å². The average Bonchev–Trinajstić information content (AvgIpc) is 2.35. The summed E-state index contributed by atoms with van der Waals surface area (Å²) in [5, 5.41) is 0. The van der Waals surface area contributed by atoms with E-state index in [0.29, 0.717) is 11.5 Å². The number of alkyl halides is 1. The quantitative estimate of drug-likeness (QED) is 0.618. The normalized spacial score (nSPS) is 12.4. The second-order valence-corrected chi connectivity index (χ2v) is 4.62. The van der Waals surface area contributed by atoms with Crippen molar-refractivity contribution in [2.75, 3.05) is 35.4 Å². The zero-order chi connectivity index (χ0) is 13.0. The first-order chi connectivity index (χ1) is 8.04. The number of halogens is 1. The van der Waals surface area contributed by atoms with Crippen molar-refractivity contribution >= 4 is 15.9 Å². The maximum atomic E-state index is 5.37. The molecule has 0 spiro atoms. The lowest BCUT2D eigenvalue weighted by Crippen LogP contribution is -2.15. The van der Waals surface area contributed by atoms with E-state index in [-0.39, 0.29) is 4.95 Å². The highest BCUT2D eigenvalue weighted by Gasteiger charge is 2.19. The highest BCUT2D eigenvalue weighted by atomic mass is 79.9. The van der Waals surface area contributed by atoms with Crippen molar-refractivity contribution in [2.45, 2.75) is 4.95 Å². The summed E-state index contributed by atoms with van der Waals surface area (Å²) < 4.78 is 15.9. The molecule has 0 amide bonds. The molecular weight excluding hydrogens is 286 g/mol. The molecule has 0 heterocycles. The number of rotatable bonds is 5. The van der Waals surface area contributed by atoms with E-state index < -0.39 is 0 Å². The third-order valence-corrected chi connectivity index (χ3v) is 3.76. The molecule has 0 aliphatic rings. The minimum Gasteiger partial charge on any atom is -0.496 e. The number of nitrogens with zero attached hydrogens (tertiary/aromatic N) is 1. The van der Waals surface area contributed by atoms with Crippen LogP contribution in [0.2, 0.25) is 0 Å². The minimum absolute atomic E-state index is 0.0530. The molecular formula is C12H18BrNO3. The summed E-state index contributed by atoms with van der Waals surface area (Å²) in [6.45, 7) is 0. The van der Waals surface area contributed by atoms with E-state index in [1.165, 1.54) is 0 Å². The van der Waals surface area contributed by atoms with Crippen LogP contribution < -0.4 is 14.2 Å². The fourth-order valence-electron chi connectivity index (χ4n) is 1.52. The fourth-order valence-corrected chi connectivity index (χ4v) is 1.87. The van der Waals surface area contributed by atoms with Gasteiger partial charge in [-0.2, -0.15) is 0 Å². The van der Waals surface area contributed by atoms with Crippen LogP contribution in [0.1, 0.15) is 10.5 Å². The van der Waals surface area contributed by atoms with Crippen molar-refractivity contribution in [1.29, 1.82) is 0 Å². The fraction of sp³-hybridized carbons (Fsp3) is 0.500. The predicted octanol–water partition coefficient (Wildman–Crippen LogP) is 2.67. The maximum Gasteiger partial charge on any atom is 0.164 e. The molecule has 1 atom stereocenters. The Kier molecular flexibility index (Phi) is 5.08. The van der Waals surface area contributed by atoms with Gasteiger partial charge in [-0.05, 0) is 20.2 Å². The van der Waals surface area contributed by atoms with Crippen molar-refractivity contribution in [2.24, 2.45) is 0 Å². The maximum absolute atomic E-state index is 5.37. The van der Waals surface area contributed by atoms with E-state index in [4.69, 9.17) is 14.2 Å². The van der Waals surface area contributed by atoms with Gasteiger partial charge in [-0.3, -0.25) is 4.90 Å². The third kappa shape index (κ3) is 3.04. The topological polar surface area (TPSA) is 30.9 Å². The molecule has 4 nitrogen and oxygen atoms in total. The zero-order valence-electron chi connectivity index (χ0n) is 10.8. The van der Waals surface area contributed by atoms with E-state index in [0.717, 1.165) is 11.3 Å². The Hall–Kier alpha value is -0.940. The van der Waals surface area contributed by atoms with E-state index in [1.807, 2.05) is 31.1 Å². The molecule has 0 radical (unpaired) electrons. The highest BCUT2D eigenvalue weighted by molar-refractivity contribution is 9.09. The van der Waals surface area contributed by atoms with E-state index in [1.54, 1.807) is 21.3 Å². The van der Waals surface area contributed by atoms with Crippen LogP contribution >= 0.6 is 15.9 Å². The van der Waals surface area contributed by atoms with Crippen LogP contribution in [0.3, 0.4) is 0 Å². The molecule has 1 aromatic rings. The lowest BCUT2D eigenvalue weighted by molar-refractivity contribution is 0.339. The van der Waals surface area contributed by atoms with Crippen molar-refractivity contribution in [1.82, 2.24) is 4.90 Å². The number of hydrogen-bond donors (Lipinski definition) is 0. The van der Waals surface area contributed by atoms with E-state index in [9.17, 15) is 0 Å². The summed E-state index contributed by atoms with van der Waals surface area (Å²) in [5.41, 5.74) is 0.996. The van der Waals surface area contributed by atoms with Crippen molar-refractivity contribution in [3.8, 4) is 17.2 Å². The number of hydrogen-bond acceptors (Lipinski definition) is 4. The third-order valence-electron chi connectivity index (χ3n) is 2.45. The van der Waals surface area contributed by atoms with Gasteiger partial charge in [0.25, 0.3) is 0 Å². The first-order valence-electron chi connectivity index (χ1n) is 5.15. The van der Waals surface area contributed by atoms with Crippen molar-refractivity contribution < 1.29 is 14.2 Å². The summed E-state index contributed by atoms with van der Waals surface area (Å²) in [6.07, 6.45) is 0. The summed E-state index contributed by atoms with van der Waals surface area (Å²) in [4.78, 5) is 2.08. The SMILES string of the molecule is COc1cc(OC)c(C(Br)N(C)C)cc1OC. The van der Waals surface area contributed by atoms with Crippen LogP contribution in [-0.4, -0.2) is 40.3 Å². The molecule has 1 rings (SSSR count). The van der Waals surface area contributed by atoms with Gasteiger partial charge in [0.1, 0.15) is 5.75 Å². The Balaban J connectivity index is 3.28. The smallest absolute Gasteiger partial charge is 0.164 e. The standard InChI is InChI=1S/C12H18BrNO3/c1-14(2)12(13)8-6-10(16-4)11(17-5)7-9(8)15-3/h6-7,12H,1-5H3. The van der Waals surface area contributed by atoms with Gasteiger partial charge in [0.15, 0.2) is 11.5 Å². The predicted molar refractivity (Wildman–Crippen MR) is 71.5 cm³/mol. The molecule has 0 aliphatic heterocycles. The second kappa shape index (κ2) is 6.12. The number of ether oxygens (including phenoxy) is 3. The number of methoxy groups -OCH3 is 3. The Bertz CT molecular complexity index is 382. The largest absolute Gasteiger partial charge is 0.496 e. The van der Waals surface area contributed by atoms with Gasteiger partial charge in [0.05, 0.1) is 26.3 Å². The van der Waals surface area contributed by atoms with Crippen LogP contribution in [0.25, 0.3) is 0 Å². The highest BCUT2D eigenvalue weighted by Crippen LogP contribution is 2.40. The van der Waals surface area contributed by atoms with Crippen molar-refractivity contribution in [3.63, 3.8) is 0 Å². The molecule has 0 N–H and O–H groups in total. The van der Waals surface area contributed by atoms with Crippen LogP contribution in [0, 0.1) is 0 Å². The second-order valence-electron chi connectivity index (χ2n) is 3.75. The van der Waals surface area contributed by atoms with Gasteiger partial charge in [-0.15, -0.1) is 0 Å². The molecule has 0 fully saturated rings. The monoisotopic (exact) mass is 303 g/mol. The zero-order valence-corrected chi connectivity index (χ0v) is 12.4. The van der Waals surface area contributed by atoms with Crippen LogP contribution in [0.5, 0.6) is 17.2 Å². The minimum atomic E-state index is 0.0530. The first kappa shape index (κ1) is 14.1. The number of benzene rings is 1. The molecule has 0 saturated heterocycles. The molecule has 1 unspecified atom stereocenters. The molecule has 96 valence electrons. The Morgan fingerprint density at radius 2 is 1.41 bits per heavy atom. The summed E-state index contributed by atoms with van der Waals surface area (Å²) >= 11 is 3.60. The molecule has 0 bridgehead atoms. The Labute approximate surface area is 111 Å². The Morgan fingerprint density at radius 3 is 1.82 bits per heavy atom. The molecule has 17 heavy (non-hydrogen) atoms. The van der Waals surface area contributed by atoms with Crippen molar-refractivity contribution in [3.05, 3.63) is 17.7 Å². The van der Waals surface area contributed by atoms with E-state index in [2.05, 4.69) is 15.9 Å². The molecule has 1 aromatic carbocycles. The Morgan fingerprint density at radius 1 is 0.941 bits per heavy atom. The van der Waals surface area contributed by atoms with Gasteiger partial charge in [0, 0.05) is 11.6 Å². The molecule has 5 heteroatoms. The molecule has 0 aliphatic carbocycles. The first-order valence-corrected chi connectivity index (χ1v) is 6.07. The van der Waals surface area contributed by atoms with Crippen LogP contribution in [0.15, 0.2) is 12.1 Å². The van der Waals surface area contributed by atoms with Crippen LogP contribution in [-0.2, 0) is 0 Å². The van der Waals surface area contributed by atoms with E-state index >= 15 is 0 Å². The summed E-state index contributed by atoms with van der Waals surface area (Å²) in [5.74, 6) is 2.11. The average molecular weight is 304 g/mol. The molecule has 0 aromatic heterocycles. The summed E-state index contributed by atoms with van der Waals surface area (Å²) in [7, 11) is 8.83. The van der Waals surface area contributed by atoms with Gasteiger partial charge in [-0.1, -0.05) is 15.9 Å². The molecule has 0 saturated carbocycles. The van der Waals surface area contributed by atoms with Gasteiger partial charge in [-0.25, -0.2) is 0 Å². The lowest BCUT2D eigenvalue weighted by atomic mass is 10.1. The summed E-state index contributed by atoms with van der Waals surface area (Å²) in [6, 6.07) is 3.74. The van der Waals surface area contributed by atoms with Gasteiger partial charge < -0.3 is 14.2 Å². The van der Waals surface area contributed by atoms with Crippen LogP contribution in [0.4, 0.5) is 0 Å².